The molecule has 2 rings (SSSR count). The Labute approximate surface area is 150 Å². The lowest BCUT2D eigenvalue weighted by molar-refractivity contribution is -0.00475. The summed E-state index contributed by atoms with van der Waals surface area (Å²) in [6, 6.07) is 20.1. The fourth-order valence-electron chi connectivity index (χ4n) is 2.34. The van der Waals surface area contributed by atoms with E-state index in [1.165, 1.54) is 0 Å². The molecule has 4 heteroatoms. The van der Waals surface area contributed by atoms with Crippen molar-refractivity contribution in [1.82, 2.24) is 5.32 Å². The number of benzene rings is 2. The number of rotatable bonds is 7. The summed E-state index contributed by atoms with van der Waals surface area (Å²) in [6.07, 6.45) is 0.0680. The lowest BCUT2D eigenvalue weighted by Crippen LogP contribution is -2.42. The van der Waals surface area contributed by atoms with Crippen LogP contribution in [0.4, 0.5) is 4.79 Å². The van der Waals surface area contributed by atoms with E-state index in [4.69, 9.17) is 9.47 Å². The molecule has 2 aromatic rings. The Morgan fingerprint density at radius 3 is 2.08 bits per heavy atom. The SMILES string of the molecule is CC(C)(C)NC(=O)OCC(Cc1ccccc1)OCc1ccccc1. The van der Waals surface area contributed by atoms with Crippen LogP contribution in [0.15, 0.2) is 60.7 Å². The second-order valence-electron chi connectivity index (χ2n) is 7.08. The number of amides is 1. The minimum Gasteiger partial charge on any atom is -0.447 e. The quantitative estimate of drug-likeness (QED) is 0.815. The van der Waals surface area contributed by atoms with Crippen LogP contribution in [-0.2, 0) is 22.5 Å². The van der Waals surface area contributed by atoms with Crippen molar-refractivity contribution in [3.8, 4) is 0 Å². The lowest BCUT2D eigenvalue weighted by atomic mass is 10.1. The molecule has 0 aromatic heterocycles. The summed E-state index contributed by atoms with van der Waals surface area (Å²) in [6.45, 7) is 6.46. The molecule has 0 saturated heterocycles. The van der Waals surface area contributed by atoms with Crippen molar-refractivity contribution in [2.24, 2.45) is 0 Å². The molecule has 0 spiro atoms. The van der Waals surface area contributed by atoms with E-state index in [9.17, 15) is 4.79 Å². The topological polar surface area (TPSA) is 47.6 Å². The van der Waals surface area contributed by atoms with Gasteiger partial charge in [-0.15, -0.1) is 0 Å². The second kappa shape index (κ2) is 9.23. The molecule has 1 atom stereocenters. The van der Waals surface area contributed by atoms with Gasteiger partial charge in [-0.05, 0) is 31.9 Å². The van der Waals surface area contributed by atoms with Gasteiger partial charge in [-0.3, -0.25) is 0 Å². The zero-order valence-electron chi connectivity index (χ0n) is 15.2. The Morgan fingerprint density at radius 1 is 0.960 bits per heavy atom. The zero-order chi connectivity index (χ0) is 18.1. The van der Waals surface area contributed by atoms with Gasteiger partial charge in [0.05, 0.1) is 12.7 Å². The fourth-order valence-corrected chi connectivity index (χ4v) is 2.34. The Kier molecular flexibility index (Phi) is 7.02. The molecule has 0 aliphatic rings. The molecule has 1 amide bonds. The van der Waals surface area contributed by atoms with Crippen molar-refractivity contribution < 1.29 is 14.3 Å². The van der Waals surface area contributed by atoms with Crippen LogP contribution in [0.25, 0.3) is 0 Å². The molecule has 2 aromatic carbocycles. The van der Waals surface area contributed by atoms with Gasteiger partial charge in [-0.1, -0.05) is 60.7 Å². The third-order valence-corrected chi connectivity index (χ3v) is 3.51. The highest BCUT2D eigenvalue weighted by atomic mass is 16.6. The molecule has 0 heterocycles. The molecule has 1 unspecified atom stereocenters. The highest BCUT2D eigenvalue weighted by Gasteiger charge is 2.18. The second-order valence-corrected chi connectivity index (χ2v) is 7.08. The van der Waals surface area contributed by atoms with E-state index >= 15 is 0 Å². The average molecular weight is 341 g/mol. The smallest absolute Gasteiger partial charge is 0.407 e. The van der Waals surface area contributed by atoms with Crippen LogP contribution in [0.2, 0.25) is 0 Å². The number of carbonyl (C=O) groups is 1. The Hall–Kier alpha value is -2.33. The number of nitrogens with one attached hydrogen (secondary N) is 1. The first-order valence-corrected chi connectivity index (χ1v) is 8.57. The normalized spacial score (nSPS) is 12.4. The van der Waals surface area contributed by atoms with Crippen LogP contribution in [0, 0.1) is 0 Å². The zero-order valence-corrected chi connectivity index (χ0v) is 15.2. The van der Waals surface area contributed by atoms with Gasteiger partial charge in [-0.25, -0.2) is 4.79 Å². The summed E-state index contributed by atoms with van der Waals surface area (Å²) in [5, 5.41) is 2.80. The summed E-state index contributed by atoms with van der Waals surface area (Å²) in [5.74, 6) is 0. The summed E-state index contributed by atoms with van der Waals surface area (Å²) >= 11 is 0. The minimum absolute atomic E-state index is 0.201. The van der Waals surface area contributed by atoms with Gasteiger partial charge < -0.3 is 14.8 Å². The Morgan fingerprint density at radius 2 is 1.52 bits per heavy atom. The molecule has 0 radical (unpaired) electrons. The van der Waals surface area contributed by atoms with E-state index in [-0.39, 0.29) is 18.2 Å². The van der Waals surface area contributed by atoms with E-state index < -0.39 is 6.09 Å². The standard InChI is InChI=1S/C21H27NO3/c1-21(2,3)22-20(23)25-16-19(14-17-10-6-4-7-11-17)24-15-18-12-8-5-9-13-18/h4-13,19H,14-16H2,1-3H3,(H,22,23). The number of carbonyl (C=O) groups excluding carboxylic acids is 1. The third-order valence-electron chi connectivity index (χ3n) is 3.51. The van der Waals surface area contributed by atoms with Gasteiger partial charge in [0.2, 0.25) is 0 Å². The number of alkyl carbamates (subject to hydrolysis) is 1. The largest absolute Gasteiger partial charge is 0.447 e. The van der Waals surface area contributed by atoms with Crippen LogP contribution >= 0.6 is 0 Å². The van der Waals surface area contributed by atoms with E-state index in [0.29, 0.717) is 13.0 Å². The van der Waals surface area contributed by atoms with Crippen LogP contribution < -0.4 is 5.32 Å². The maximum absolute atomic E-state index is 11.9. The van der Waals surface area contributed by atoms with Crippen molar-refractivity contribution in [3.63, 3.8) is 0 Å². The minimum atomic E-state index is -0.422. The number of ether oxygens (including phenoxy) is 2. The van der Waals surface area contributed by atoms with Crippen molar-refractivity contribution in [1.29, 1.82) is 0 Å². The van der Waals surface area contributed by atoms with Gasteiger partial charge in [0.1, 0.15) is 6.61 Å². The van der Waals surface area contributed by atoms with Crippen molar-refractivity contribution >= 4 is 6.09 Å². The molecule has 0 fully saturated rings. The fraction of sp³-hybridized carbons (Fsp3) is 0.381. The van der Waals surface area contributed by atoms with E-state index in [1.54, 1.807) is 0 Å². The molecular weight excluding hydrogens is 314 g/mol. The predicted molar refractivity (Wildman–Crippen MR) is 99.4 cm³/mol. The monoisotopic (exact) mass is 341 g/mol. The predicted octanol–water partition coefficient (Wildman–Crippen LogP) is 4.34. The Balaban J connectivity index is 1.92. The maximum Gasteiger partial charge on any atom is 0.407 e. The molecular formula is C21H27NO3. The first kappa shape index (κ1) is 19.0. The molecule has 134 valence electrons. The number of hydrogen-bond donors (Lipinski definition) is 1. The van der Waals surface area contributed by atoms with Crippen LogP contribution in [-0.4, -0.2) is 24.3 Å². The van der Waals surface area contributed by atoms with Crippen molar-refractivity contribution in [2.45, 2.75) is 45.4 Å². The number of hydrogen-bond acceptors (Lipinski definition) is 3. The van der Waals surface area contributed by atoms with Gasteiger partial charge in [0, 0.05) is 12.0 Å². The molecule has 25 heavy (non-hydrogen) atoms. The van der Waals surface area contributed by atoms with E-state index in [1.807, 2.05) is 81.4 Å². The molecule has 0 aliphatic heterocycles. The Bertz CT molecular complexity index is 635. The molecule has 0 saturated carbocycles. The average Bonchev–Trinajstić information content (AvgIpc) is 2.57. The molecule has 4 nitrogen and oxygen atoms in total. The molecule has 0 bridgehead atoms. The first-order valence-electron chi connectivity index (χ1n) is 8.57. The molecule has 1 N–H and O–H groups in total. The van der Waals surface area contributed by atoms with Crippen molar-refractivity contribution in [2.75, 3.05) is 6.61 Å². The van der Waals surface area contributed by atoms with Crippen LogP contribution in [0.3, 0.4) is 0 Å². The first-order chi connectivity index (χ1) is 11.9. The summed E-state index contributed by atoms with van der Waals surface area (Å²) in [4.78, 5) is 11.9. The van der Waals surface area contributed by atoms with E-state index in [2.05, 4.69) is 5.32 Å². The highest BCUT2D eigenvalue weighted by molar-refractivity contribution is 5.68. The third kappa shape index (κ3) is 7.86. The highest BCUT2D eigenvalue weighted by Crippen LogP contribution is 2.10. The van der Waals surface area contributed by atoms with Gasteiger partial charge in [0.25, 0.3) is 0 Å². The molecule has 0 aliphatic carbocycles. The lowest BCUT2D eigenvalue weighted by Gasteiger charge is -2.22. The summed E-state index contributed by atoms with van der Waals surface area (Å²) < 4.78 is 11.4. The van der Waals surface area contributed by atoms with Crippen LogP contribution in [0.1, 0.15) is 31.9 Å². The van der Waals surface area contributed by atoms with Crippen molar-refractivity contribution in [3.05, 3.63) is 71.8 Å². The maximum atomic E-state index is 11.9. The van der Waals surface area contributed by atoms with Gasteiger partial charge in [-0.2, -0.15) is 0 Å². The summed E-state index contributed by atoms with van der Waals surface area (Å²) in [7, 11) is 0. The van der Waals surface area contributed by atoms with Gasteiger partial charge in [0.15, 0.2) is 0 Å². The van der Waals surface area contributed by atoms with Gasteiger partial charge >= 0.3 is 6.09 Å². The van der Waals surface area contributed by atoms with Crippen LogP contribution in [0.5, 0.6) is 0 Å². The summed E-state index contributed by atoms with van der Waals surface area (Å²) in [5.41, 5.74) is 1.93. The van der Waals surface area contributed by atoms with E-state index in [0.717, 1.165) is 11.1 Å².